The van der Waals surface area contributed by atoms with Crippen molar-refractivity contribution >= 4 is 23.3 Å². The van der Waals surface area contributed by atoms with Gasteiger partial charge in [0.05, 0.1) is 24.0 Å². The van der Waals surface area contributed by atoms with E-state index < -0.39 is 16.4 Å². The Morgan fingerprint density at radius 3 is 2.72 bits per heavy atom. The van der Waals surface area contributed by atoms with Crippen molar-refractivity contribution in [2.45, 2.75) is 18.9 Å². The number of nitro groups is 1. The molecule has 1 aromatic rings. The number of hydrogen-bond donors (Lipinski definition) is 1. The van der Waals surface area contributed by atoms with E-state index in [1.54, 1.807) is 13.0 Å². The number of benzene rings is 1. The topological polar surface area (TPSA) is 95.5 Å². The van der Waals surface area contributed by atoms with Crippen LogP contribution in [0.25, 0.3) is 0 Å². The molecule has 0 spiro atoms. The lowest BCUT2D eigenvalue weighted by atomic mass is 9.89. The van der Waals surface area contributed by atoms with E-state index in [1.165, 1.54) is 19.2 Å². The average molecular weight is 273 g/mol. The van der Waals surface area contributed by atoms with Gasteiger partial charge >= 0.3 is 5.97 Å². The van der Waals surface area contributed by atoms with Crippen LogP contribution in [0, 0.1) is 10.1 Å². The molecule has 0 aliphatic carbocycles. The van der Waals surface area contributed by atoms with Crippen LogP contribution >= 0.6 is 11.6 Å². The number of nitro benzene ring substituents is 1. The largest absolute Gasteiger partial charge is 0.469 e. The molecule has 0 bridgehead atoms. The number of methoxy groups -OCH3 is 1. The Hall–Kier alpha value is -1.66. The lowest BCUT2D eigenvalue weighted by molar-refractivity contribution is -0.384. The van der Waals surface area contributed by atoms with Gasteiger partial charge in [-0.3, -0.25) is 14.9 Å². The van der Waals surface area contributed by atoms with E-state index in [2.05, 4.69) is 4.74 Å². The molecule has 18 heavy (non-hydrogen) atoms. The Morgan fingerprint density at radius 2 is 2.22 bits per heavy atom. The van der Waals surface area contributed by atoms with Gasteiger partial charge in [0.2, 0.25) is 0 Å². The summed E-state index contributed by atoms with van der Waals surface area (Å²) in [6.07, 6.45) is -0.121. The number of nitrogens with zero attached hydrogens (tertiary/aromatic N) is 1. The summed E-state index contributed by atoms with van der Waals surface area (Å²) in [6, 6.07) is 4.31. The van der Waals surface area contributed by atoms with Crippen LogP contribution in [-0.2, 0) is 15.1 Å². The van der Waals surface area contributed by atoms with Crippen molar-refractivity contribution in [3.63, 3.8) is 0 Å². The predicted octanol–water partition coefficient (Wildman–Crippen LogP) is 1.99. The van der Waals surface area contributed by atoms with Crippen molar-refractivity contribution in [1.29, 1.82) is 0 Å². The highest BCUT2D eigenvalue weighted by atomic mass is 35.5. The van der Waals surface area contributed by atoms with Gasteiger partial charge in [-0.15, -0.1) is 0 Å². The van der Waals surface area contributed by atoms with Crippen molar-refractivity contribution < 1.29 is 14.5 Å². The van der Waals surface area contributed by atoms with Crippen molar-refractivity contribution in [2.24, 2.45) is 5.73 Å². The molecule has 0 heterocycles. The average Bonchev–Trinajstić information content (AvgIpc) is 2.27. The summed E-state index contributed by atoms with van der Waals surface area (Å²) in [7, 11) is 1.24. The monoisotopic (exact) mass is 272 g/mol. The van der Waals surface area contributed by atoms with E-state index >= 15 is 0 Å². The van der Waals surface area contributed by atoms with E-state index in [9.17, 15) is 14.9 Å². The van der Waals surface area contributed by atoms with Gasteiger partial charge in [-0.05, 0) is 12.5 Å². The minimum absolute atomic E-state index is 0.0589. The summed E-state index contributed by atoms with van der Waals surface area (Å²) in [5.74, 6) is -0.512. The number of carbonyl (C=O) groups is 1. The standard InChI is InChI=1S/C11H13ClN2O4/c1-11(13,6-9(15)18-2)7-4-3-5-8(10(7)12)14(16)17/h3-5H,6,13H2,1-2H3/t11-/m0/s1. The van der Waals surface area contributed by atoms with E-state index in [1.807, 2.05) is 0 Å². The second-order valence-electron chi connectivity index (χ2n) is 4.07. The highest BCUT2D eigenvalue weighted by Crippen LogP contribution is 2.35. The molecule has 0 aliphatic rings. The highest BCUT2D eigenvalue weighted by Gasteiger charge is 2.30. The van der Waals surface area contributed by atoms with E-state index in [4.69, 9.17) is 17.3 Å². The minimum Gasteiger partial charge on any atom is -0.469 e. The molecule has 0 saturated carbocycles. The normalized spacial score (nSPS) is 13.8. The van der Waals surface area contributed by atoms with Gasteiger partial charge in [-0.25, -0.2) is 0 Å². The molecule has 0 radical (unpaired) electrons. The van der Waals surface area contributed by atoms with Crippen molar-refractivity contribution in [3.05, 3.63) is 38.9 Å². The van der Waals surface area contributed by atoms with Crippen LogP contribution in [0.15, 0.2) is 18.2 Å². The molecule has 0 aromatic heterocycles. The summed E-state index contributed by atoms with van der Waals surface area (Å²) >= 11 is 5.94. The number of ether oxygens (including phenoxy) is 1. The molecule has 0 saturated heterocycles. The Balaban J connectivity index is 3.20. The number of halogens is 1. The van der Waals surface area contributed by atoms with Crippen molar-refractivity contribution in [2.75, 3.05) is 7.11 Å². The first-order valence-electron chi connectivity index (χ1n) is 5.08. The second kappa shape index (κ2) is 5.32. The fourth-order valence-electron chi connectivity index (χ4n) is 1.57. The molecule has 98 valence electrons. The molecule has 0 unspecified atom stereocenters. The number of esters is 1. The SMILES string of the molecule is COC(=O)C[C@](C)(N)c1cccc([N+](=O)[O-])c1Cl. The van der Waals surface area contributed by atoms with Gasteiger partial charge in [-0.1, -0.05) is 23.7 Å². The van der Waals surface area contributed by atoms with E-state index in [-0.39, 0.29) is 17.1 Å². The fourth-order valence-corrected chi connectivity index (χ4v) is 1.98. The molecule has 2 N–H and O–H groups in total. The van der Waals surface area contributed by atoms with Crippen LogP contribution in [-0.4, -0.2) is 18.0 Å². The summed E-state index contributed by atoms with van der Waals surface area (Å²) in [5, 5.41) is 10.7. The van der Waals surface area contributed by atoms with Crippen molar-refractivity contribution in [1.82, 2.24) is 0 Å². The highest BCUT2D eigenvalue weighted by molar-refractivity contribution is 6.33. The molecular weight excluding hydrogens is 260 g/mol. The summed E-state index contributed by atoms with van der Waals surface area (Å²) < 4.78 is 4.53. The number of hydrogen-bond acceptors (Lipinski definition) is 5. The van der Waals surface area contributed by atoms with Crippen molar-refractivity contribution in [3.8, 4) is 0 Å². The molecular formula is C11H13ClN2O4. The fraction of sp³-hybridized carbons (Fsp3) is 0.364. The lowest BCUT2D eigenvalue weighted by Crippen LogP contribution is -2.36. The Morgan fingerprint density at radius 1 is 1.61 bits per heavy atom. The zero-order valence-electron chi connectivity index (χ0n) is 9.97. The van der Waals surface area contributed by atoms with Crippen LogP contribution in [0.1, 0.15) is 18.9 Å². The van der Waals surface area contributed by atoms with Crippen LogP contribution in [0.5, 0.6) is 0 Å². The molecule has 6 nitrogen and oxygen atoms in total. The predicted molar refractivity (Wildman–Crippen MR) is 66.3 cm³/mol. The minimum atomic E-state index is -1.13. The third-order valence-corrected chi connectivity index (χ3v) is 2.93. The maximum atomic E-state index is 11.3. The number of carbonyl (C=O) groups excluding carboxylic acids is 1. The number of nitrogens with two attached hydrogens (primary N) is 1. The maximum Gasteiger partial charge on any atom is 0.307 e. The quantitative estimate of drug-likeness (QED) is 0.514. The van der Waals surface area contributed by atoms with Gasteiger partial charge in [-0.2, -0.15) is 0 Å². The molecule has 1 atom stereocenters. The van der Waals surface area contributed by atoms with Gasteiger partial charge < -0.3 is 10.5 Å². The molecule has 1 rings (SSSR count). The third kappa shape index (κ3) is 2.96. The molecule has 7 heteroatoms. The second-order valence-corrected chi connectivity index (χ2v) is 4.44. The van der Waals surface area contributed by atoms with Gasteiger partial charge in [0.25, 0.3) is 5.69 Å². The molecule has 1 aromatic carbocycles. The lowest BCUT2D eigenvalue weighted by Gasteiger charge is -2.24. The molecule has 0 amide bonds. The summed E-state index contributed by atoms with van der Waals surface area (Å²) in [5.41, 5.74) is 4.94. The van der Waals surface area contributed by atoms with Crippen LogP contribution in [0.3, 0.4) is 0 Å². The van der Waals surface area contributed by atoms with Crippen LogP contribution in [0.2, 0.25) is 5.02 Å². The van der Waals surface area contributed by atoms with Crippen LogP contribution < -0.4 is 5.73 Å². The zero-order chi connectivity index (χ0) is 13.9. The third-order valence-electron chi connectivity index (χ3n) is 2.53. The number of rotatable bonds is 4. The van der Waals surface area contributed by atoms with Gasteiger partial charge in [0.15, 0.2) is 0 Å². The first-order valence-corrected chi connectivity index (χ1v) is 5.46. The maximum absolute atomic E-state index is 11.3. The van der Waals surface area contributed by atoms with Gasteiger partial charge in [0, 0.05) is 6.07 Å². The Bertz CT molecular complexity index is 488. The summed E-state index contributed by atoms with van der Waals surface area (Å²) in [6.45, 7) is 1.56. The Labute approximate surface area is 109 Å². The van der Waals surface area contributed by atoms with E-state index in [0.717, 1.165) is 0 Å². The molecule has 0 fully saturated rings. The van der Waals surface area contributed by atoms with Crippen LogP contribution in [0.4, 0.5) is 5.69 Å². The van der Waals surface area contributed by atoms with E-state index in [0.29, 0.717) is 5.56 Å². The first-order chi connectivity index (χ1) is 8.29. The Kier molecular flexibility index (Phi) is 4.26. The van der Waals surface area contributed by atoms with Gasteiger partial charge in [0.1, 0.15) is 5.02 Å². The first kappa shape index (κ1) is 14.4. The molecule has 0 aliphatic heterocycles. The zero-order valence-corrected chi connectivity index (χ0v) is 10.7. The summed E-state index contributed by atoms with van der Waals surface area (Å²) in [4.78, 5) is 21.4. The smallest absolute Gasteiger partial charge is 0.307 e.